The lowest BCUT2D eigenvalue weighted by Crippen LogP contribution is -2.52. The zero-order chi connectivity index (χ0) is 21.5. The quantitative estimate of drug-likeness (QED) is 0.603. The molecule has 0 spiro atoms. The van der Waals surface area contributed by atoms with Crippen molar-refractivity contribution in [1.29, 1.82) is 0 Å². The molecular formula is C21H25N7O3. The molecule has 10 heteroatoms. The second-order valence-corrected chi connectivity index (χ2v) is 8.31. The minimum absolute atomic E-state index is 0.167. The van der Waals surface area contributed by atoms with Crippen LogP contribution in [0.25, 0.3) is 0 Å². The number of aryl methyl sites for hydroxylation is 1. The molecule has 3 N–H and O–H groups in total. The lowest BCUT2D eigenvalue weighted by molar-refractivity contribution is -0.136. The number of hydrogen-bond acceptors (Lipinski definition) is 7. The number of imide groups is 1. The van der Waals surface area contributed by atoms with Crippen LogP contribution in [0.5, 0.6) is 0 Å². The number of anilines is 1. The molecule has 0 saturated carbocycles. The molecule has 0 radical (unpaired) electrons. The Kier molecular flexibility index (Phi) is 4.93. The van der Waals surface area contributed by atoms with E-state index in [-0.39, 0.29) is 24.3 Å². The van der Waals surface area contributed by atoms with Crippen LogP contribution in [-0.4, -0.2) is 50.0 Å². The topological polar surface area (TPSA) is 121 Å². The van der Waals surface area contributed by atoms with Crippen LogP contribution in [0.3, 0.4) is 0 Å². The Balaban J connectivity index is 1.27. The third-order valence-corrected chi connectivity index (χ3v) is 6.19. The van der Waals surface area contributed by atoms with Crippen LogP contribution >= 0.6 is 0 Å². The van der Waals surface area contributed by atoms with E-state index in [0.717, 1.165) is 36.3 Å². The van der Waals surface area contributed by atoms with Crippen LogP contribution < -0.4 is 16.0 Å². The fourth-order valence-electron chi connectivity index (χ4n) is 4.50. The van der Waals surface area contributed by atoms with Crippen LogP contribution in [0.1, 0.15) is 59.0 Å². The molecular weight excluding hydrogens is 398 g/mol. The van der Waals surface area contributed by atoms with Gasteiger partial charge in [-0.15, -0.1) is 0 Å². The summed E-state index contributed by atoms with van der Waals surface area (Å²) in [6.07, 6.45) is 2.79. The van der Waals surface area contributed by atoms with Crippen LogP contribution in [-0.2, 0) is 29.7 Å². The average Bonchev–Trinajstić information content (AvgIpc) is 3.47. The Hall–Kier alpha value is -3.27. The Labute approximate surface area is 179 Å². The van der Waals surface area contributed by atoms with Crippen molar-refractivity contribution in [2.45, 2.75) is 50.9 Å². The van der Waals surface area contributed by atoms with Gasteiger partial charge in [0.25, 0.3) is 5.91 Å². The second-order valence-electron chi connectivity index (χ2n) is 8.31. The number of carbonyl (C=O) groups is 3. The first kappa shape index (κ1) is 19.7. The molecule has 3 aliphatic rings. The summed E-state index contributed by atoms with van der Waals surface area (Å²) >= 11 is 0. The van der Waals surface area contributed by atoms with Crippen molar-refractivity contribution in [3.63, 3.8) is 0 Å². The predicted octanol–water partition coefficient (Wildman–Crippen LogP) is 0.613. The maximum Gasteiger partial charge on any atom is 0.255 e. The summed E-state index contributed by atoms with van der Waals surface area (Å²) in [5, 5.41) is 13.5. The summed E-state index contributed by atoms with van der Waals surface area (Å²) in [7, 11) is 1.86. The molecule has 0 bridgehead atoms. The first-order valence-electron chi connectivity index (χ1n) is 10.6. The van der Waals surface area contributed by atoms with Crippen molar-refractivity contribution >= 4 is 23.7 Å². The van der Waals surface area contributed by atoms with Gasteiger partial charge in [-0.2, -0.15) is 10.1 Å². The van der Waals surface area contributed by atoms with Crippen molar-refractivity contribution in [3.05, 3.63) is 40.7 Å². The van der Waals surface area contributed by atoms with E-state index in [9.17, 15) is 14.4 Å². The van der Waals surface area contributed by atoms with Crippen LogP contribution in [0.2, 0.25) is 0 Å². The maximum atomic E-state index is 13.0. The van der Waals surface area contributed by atoms with E-state index in [1.54, 1.807) is 9.58 Å². The highest BCUT2D eigenvalue weighted by Crippen LogP contribution is 2.28. The van der Waals surface area contributed by atoms with Crippen molar-refractivity contribution in [3.8, 4) is 0 Å². The third-order valence-electron chi connectivity index (χ3n) is 6.19. The van der Waals surface area contributed by atoms with Gasteiger partial charge in [0.15, 0.2) is 5.82 Å². The number of benzene rings is 1. The van der Waals surface area contributed by atoms with E-state index in [2.05, 4.69) is 26.0 Å². The molecule has 162 valence electrons. The third kappa shape index (κ3) is 3.67. The lowest BCUT2D eigenvalue weighted by atomic mass is 10.0. The first-order chi connectivity index (χ1) is 15.0. The molecule has 0 aliphatic carbocycles. The zero-order valence-corrected chi connectivity index (χ0v) is 17.4. The molecule has 3 amide bonds. The number of carbonyl (C=O) groups excluding carboxylic acids is 3. The molecule has 10 nitrogen and oxygen atoms in total. The molecule has 2 fully saturated rings. The molecule has 2 aromatic rings. The van der Waals surface area contributed by atoms with E-state index < -0.39 is 11.9 Å². The zero-order valence-electron chi connectivity index (χ0n) is 17.4. The summed E-state index contributed by atoms with van der Waals surface area (Å²) in [6, 6.07) is 5.38. The minimum Gasteiger partial charge on any atom is -0.350 e. The van der Waals surface area contributed by atoms with Crippen molar-refractivity contribution in [1.82, 2.24) is 30.3 Å². The monoisotopic (exact) mass is 423 g/mol. The fourth-order valence-corrected chi connectivity index (χ4v) is 4.50. The molecule has 1 aromatic heterocycles. The number of fused-ring (bicyclic) bond motifs is 1. The predicted molar refractivity (Wildman–Crippen MR) is 111 cm³/mol. The Morgan fingerprint density at radius 1 is 1.23 bits per heavy atom. The Morgan fingerprint density at radius 3 is 2.87 bits per heavy atom. The number of nitrogens with one attached hydrogen (secondary N) is 3. The molecule has 1 unspecified atom stereocenters. The molecule has 4 heterocycles. The normalized spacial score (nSPS) is 23.3. The molecule has 31 heavy (non-hydrogen) atoms. The molecule has 1 aromatic carbocycles. The standard InChI is InChI=1S/C21H25N7O3/c1-27-21(25-18(26-27)15-3-2-8-22-15)23-10-12-4-5-13-11-28(20(31)14(13)9-12)16-6-7-17(29)24-19(16)30/h4-5,9,15-16,22H,2-3,6-8,10-11H2,1H3,(H,23,25,26)(H,24,29,30)/t15-,16?/m1/s1. The summed E-state index contributed by atoms with van der Waals surface area (Å²) < 4.78 is 1.73. The van der Waals surface area contributed by atoms with Gasteiger partial charge in [-0.25, -0.2) is 4.68 Å². The van der Waals surface area contributed by atoms with Crippen LogP contribution in [0.15, 0.2) is 18.2 Å². The molecule has 3 aliphatic heterocycles. The van der Waals surface area contributed by atoms with Crippen molar-refractivity contribution in [2.75, 3.05) is 11.9 Å². The minimum atomic E-state index is -0.597. The van der Waals surface area contributed by atoms with E-state index in [1.807, 2.05) is 25.2 Å². The van der Waals surface area contributed by atoms with Gasteiger partial charge in [0, 0.05) is 32.1 Å². The van der Waals surface area contributed by atoms with Gasteiger partial charge in [0.2, 0.25) is 17.8 Å². The van der Waals surface area contributed by atoms with E-state index >= 15 is 0 Å². The summed E-state index contributed by atoms with van der Waals surface area (Å²) in [6.45, 7) is 1.88. The van der Waals surface area contributed by atoms with E-state index in [4.69, 9.17) is 0 Å². The number of amides is 3. The highest BCUT2D eigenvalue weighted by Gasteiger charge is 2.39. The number of rotatable bonds is 5. The van der Waals surface area contributed by atoms with Gasteiger partial charge in [-0.1, -0.05) is 12.1 Å². The Bertz CT molecular complexity index is 1060. The molecule has 5 rings (SSSR count). The largest absolute Gasteiger partial charge is 0.350 e. The average molecular weight is 423 g/mol. The van der Waals surface area contributed by atoms with Crippen LogP contribution in [0, 0.1) is 0 Å². The van der Waals surface area contributed by atoms with E-state index in [0.29, 0.717) is 31.0 Å². The maximum absolute atomic E-state index is 13.0. The van der Waals surface area contributed by atoms with Gasteiger partial charge in [-0.05, 0) is 43.0 Å². The smallest absolute Gasteiger partial charge is 0.255 e. The number of aromatic nitrogens is 3. The highest BCUT2D eigenvalue weighted by atomic mass is 16.2. The lowest BCUT2D eigenvalue weighted by Gasteiger charge is -2.29. The highest BCUT2D eigenvalue weighted by molar-refractivity contribution is 6.05. The van der Waals surface area contributed by atoms with Gasteiger partial charge >= 0.3 is 0 Å². The van der Waals surface area contributed by atoms with Crippen LogP contribution in [0.4, 0.5) is 5.95 Å². The number of hydrogen-bond donors (Lipinski definition) is 3. The summed E-state index contributed by atoms with van der Waals surface area (Å²) in [5.41, 5.74) is 2.45. The first-order valence-corrected chi connectivity index (χ1v) is 10.6. The second kappa shape index (κ2) is 7.77. The van der Waals surface area contributed by atoms with E-state index in [1.165, 1.54) is 0 Å². The van der Waals surface area contributed by atoms with Crippen molar-refractivity contribution < 1.29 is 14.4 Å². The number of piperidine rings is 1. The Morgan fingerprint density at radius 2 is 2.10 bits per heavy atom. The molecule has 2 atom stereocenters. The fraction of sp³-hybridized carbons (Fsp3) is 0.476. The number of nitrogens with zero attached hydrogens (tertiary/aromatic N) is 4. The summed E-state index contributed by atoms with van der Waals surface area (Å²) in [4.78, 5) is 42.7. The van der Waals surface area contributed by atoms with Gasteiger partial charge in [0.1, 0.15) is 6.04 Å². The van der Waals surface area contributed by atoms with Crippen molar-refractivity contribution in [2.24, 2.45) is 7.05 Å². The van der Waals surface area contributed by atoms with Gasteiger partial charge in [0.05, 0.1) is 6.04 Å². The van der Waals surface area contributed by atoms with Gasteiger partial charge < -0.3 is 15.5 Å². The SMILES string of the molecule is Cn1nc([C@H]2CCCN2)nc1NCc1ccc2c(c1)C(=O)N(C1CCC(=O)NC1=O)C2. The summed E-state index contributed by atoms with van der Waals surface area (Å²) in [5.74, 6) is 0.635. The van der Waals surface area contributed by atoms with Gasteiger partial charge in [-0.3, -0.25) is 19.7 Å². The molecule has 2 saturated heterocycles.